The molecule has 4 nitrogen and oxygen atoms in total. The zero-order valence-electron chi connectivity index (χ0n) is 9.81. The molecule has 1 N–H and O–H groups in total. The third-order valence-electron chi connectivity index (χ3n) is 2.14. The molecule has 0 amide bonds. The fourth-order valence-corrected chi connectivity index (χ4v) is 3.40. The number of H-pyrrole nitrogens is 1. The van der Waals surface area contributed by atoms with E-state index in [0.717, 1.165) is 21.3 Å². The lowest BCUT2D eigenvalue weighted by Gasteiger charge is -2.00. The number of hydrogen-bond donors (Lipinski definition) is 1. The third kappa shape index (κ3) is 2.78. The largest absolute Gasteiger partial charge is 0.408 e. The van der Waals surface area contributed by atoms with Crippen LogP contribution in [-0.4, -0.2) is 21.4 Å². The van der Waals surface area contributed by atoms with E-state index in [-0.39, 0.29) is 0 Å². The van der Waals surface area contributed by atoms with Crippen molar-refractivity contribution < 1.29 is 4.42 Å². The number of thiazole rings is 1. The van der Waals surface area contributed by atoms with E-state index in [0.29, 0.717) is 16.6 Å². The van der Waals surface area contributed by atoms with Gasteiger partial charge in [-0.1, -0.05) is 13.8 Å². The van der Waals surface area contributed by atoms with Gasteiger partial charge in [-0.25, -0.2) is 10.1 Å². The van der Waals surface area contributed by atoms with Crippen molar-refractivity contribution in [3.63, 3.8) is 0 Å². The van der Waals surface area contributed by atoms with E-state index in [9.17, 15) is 0 Å². The van der Waals surface area contributed by atoms with Gasteiger partial charge in [-0.2, -0.15) is 11.8 Å². The topological polar surface area (TPSA) is 54.7 Å². The first-order valence-electron chi connectivity index (χ1n) is 5.16. The summed E-state index contributed by atoms with van der Waals surface area (Å²) in [4.78, 5) is 5.92. The molecular weight excluding hydrogens is 274 g/mol. The molecule has 0 fully saturated rings. The minimum Gasteiger partial charge on any atom is -0.408 e. The van der Waals surface area contributed by atoms with Crippen LogP contribution in [0, 0.1) is 4.84 Å². The minimum absolute atomic E-state index is 0.300. The van der Waals surface area contributed by atoms with Crippen molar-refractivity contribution in [3.8, 4) is 10.8 Å². The van der Waals surface area contributed by atoms with Crippen LogP contribution in [0.4, 0.5) is 0 Å². The van der Waals surface area contributed by atoms with E-state index in [4.69, 9.17) is 16.6 Å². The summed E-state index contributed by atoms with van der Waals surface area (Å²) < 4.78 is 5.36. The number of rotatable bonds is 4. The van der Waals surface area contributed by atoms with Gasteiger partial charge in [0.05, 0.1) is 5.69 Å². The van der Waals surface area contributed by atoms with Gasteiger partial charge in [-0.05, 0) is 24.4 Å². The number of nitrogens with zero attached hydrogens (tertiary/aromatic N) is 2. The Morgan fingerprint density at radius 2 is 2.29 bits per heavy atom. The molecular formula is C10H13N3OS3. The first kappa shape index (κ1) is 12.8. The van der Waals surface area contributed by atoms with Gasteiger partial charge in [0.1, 0.15) is 9.88 Å². The maximum Gasteiger partial charge on any atom is 0.284 e. The predicted molar refractivity (Wildman–Crippen MR) is 74.1 cm³/mol. The molecule has 2 heterocycles. The number of hydrogen-bond acceptors (Lipinski definition) is 6. The van der Waals surface area contributed by atoms with Crippen LogP contribution in [0.15, 0.2) is 4.42 Å². The van der Waals surface area contributed by atoms with Gasteiger partial charge in [0.25, 0.3) is 10.7 Å². The summed E-state index contributed by atoms with van der Waals surface area (Å²) in [6, 6.07) is 0. The molecule has 92 valence electrons. The van der Waals surface area contributed by atoms with Gasteiger partial charge in [-0.15, -0.1) is 16.4 Å². The van der Waals surface area contributed by atoms with E-state index in [2.05, 4.69) is 35.3 Å². The zero-order chi connectivity index (χ0) is 12.4. The third-order valence-corrected chi connectivity index (χ3v) is 4.12. The van der Waals surface area contributed by atoms with Crippen molar-refractivity contribution in [2.24, 2.45) is 0 Å². The van der Waals surface area contributed by atoms with E-state index < -0.39 is 0 Å². The number of aromatic amines is 1. The summed E-state index contributed by atoms with van der Waals surface area (Å²) >= 11 is 8.28. The highest BCUT2D eigenvalue weighted by Crippen LogP contribution is 2.34. The second kappa shape index (κ2) is 5.32. The molecule has 0 aromatic carbocycles. The van der Waals surface area contributed by atoms with E-state index >= 15 is 0 Å². The Labute approximate surface area is 113 Å². The van der Waals surface area contributed by atoms with Gasteiger partial charge < -0.3 is 4.42 Å². The van der Waals surface area contributed by atoms with Crippen molar-refractivity contribution in [2.75, 3.05) is 6.26 Å². The standard InChI is InChI=1S/C10H13N3OS3/c1-5(2)7-8(9-12-13-10(15)14-9)17-6(11-7)4-16-3/h5H,4H2,1-3H3,(H,13,15). The van der Waals surface area contributed by atoms with Crippen LogP contribution >= 0.6 is 35.3 Å². The van der Waals surface area contributed by atoms with Gasteiger partial charge in [0.15, 0.2) is 0 Å². The lowest BCUT2D eigenvalue weighted by Crippen LogP contribution is -1.91. The summed E-state index contributed by atoms with van der Waals surface area (Å²) in [5, 5.41) is 7.81. The molecule has 0 atom stereocenters. The second-order valence-electron chi connectivity index (χ2n) is 3.83. The Balaban J connectivity index is 2.47. The molecule has 0 aliphatic heterocycles. The SMILES string of the molecule is CSCc1nc(C(C)C)c(-c2n[nH]c(=S)o2)s1. The molecule has 0 bridgehead atoms. The smallest absolute Gasteiger partial charge is 0.284 e. The molecule has 2 aromatic heterocycles. The van der Waals surface area contributed by atoms with Gasteiger partial charge in [0, 0.05) is 5.75 Å². The molecule has 2 rings (SSSR count). The van der Waals surface area contributed by atoms with Crippen LogP contribution in [0.2, 0.25) is 0 Å². The highest BCUT2D eigenvalue weighted by molar-refractivity contribution is 7.97. The molecule has 2 aromatic rings. The number of aromatic nitrogens is 3. The summed E-state index contributed by atoms with van der Waals surface area (Å²) in [6.07, 6.45) is 2.07. The summed E-state index contributed by atoms with van der Waals surface area (Å²) in [7, 11) is 0. The molecule has 0 saturated carbocycles. The van der Waals surface area contributed by atoms with Crippen molar-refractivity contribution in [1.29, 1.82) is 0 Å². The molecule has 0 unspecified atom stereocenters. The van der Waals surface area contributed by atoms with Crippen LogP contribution in [-0.2, 0) is 5.75 Å². The van der Waals surface area contributed by atoms with Crippen molar-refractivity contribution >= 4 is 35.3 Å². The van der Waals surface area contributed by atoms with Crippen molar-refractivity contribution in [3.05, 3.63) is 15.5 Å². The molecule has 0 aliphatic rings. The Bertz CT molecular complexity index is 555. The average molecular weight is 287 g/mol. The van der Waals surface area contributed by atoms with Crippen LogP contribution < -0.4 is 0 Å². The highest BCUT2D eigenvalue weighted by atomic mass is 32.2. The summed E-state index contributed by atoms with van der Waals surface area (Å²) in [5.41, 5.74) is 1.03. The highest BCUT2D eigenvalue weighted by Gasteiger charge is 2.19. The molecule has 0 aliphatic carbocycles. The Morgan fingerprint density at radius 1 is 1.53 bits per heavy atom. The Kier molecular flexibility index (Phi) is 4.01. The Morgan fingerprint density at radius 3 is 2.82 bits per heavy atom. The average Bonchev–Trinajstić information content (AvgIpc) is 2.84. The second-order valence-corrected chi connectivity index (χ2v) is 6.15. The van der Waals surface area contributed by atoms with Crippen LogP contribution in [0.5, 0.6) is 0 Å². The monoisotopic (exact) mass is 287 g/mol. The van der Waals surface area contributed by atoms with Crippen molar-refractivity contribution in [1.82, 2.24) is 15.2 Å². The van der Waals surface area contributed by atoms with Crippen LogP contribution in [0.1, 0.15) is 30.5 Å². The number of thioether (sulfide) groups is 1. The molecule has 17 heavy (non-hydrogen) atoms. The van der Waals surface area contributed by atoms with Crippen LogP contribution in [0.3, 0.4) is 0 Å². The van der Waals surface area contributed by atoms with E-state index in [1.54, 1.807) is 23.1 Å². The van der Waals surface area contributed by atoms with Crippen molar-refractivity contribution in [2.45, 2.75) is 25.5 Å². The zero-order valence-corrected chi connectivity index (χ0v) is 12.3. The lowest BCUT2D eigenvalue weighted by atomic mass is 10.1. The predicted octanol–water partition coefficient (Wildman–Crippen LogP) is 3.84. The van der Waals surface area contributed by atoms with Crippen LogP contribution in [0.25, 0.3) is 10.8 Å². The maximum atomic E-state index is 5.36. The summed E-state index contributed by atoms with van der Waals surface area (Å²) in [5.74, 6) is 1.80. The molecule has 7 heteroatoms. The van der Waals surface area contributed by atoms with Gasteiger partial charge in [-0.3, -0.25) is 0 Å². The Hall–Kier alpha value is -0.660. The molecule has 0 spiro atoms. The fourth-order valence-electron chi connectivity index (χ4n) is 1.43. The minimum atomic E-state index is 0.300. The first-order valence-corrected chi connectivity index (χ1v) is 7.78. The van der Waals surface area contributed by atoms with E-state index in [1.807, 2.05) is 0 Å². The van der Waals surface area contributed by atoms with E-state index in [1.165, 1.54) is 0 Å². The maximum absolute atomic E-state index is 5.36. The van der Waals surface area contributed by atoms with Gasteiger partial charge >= 0.3 is 0 Å². The van der Waals surface area contributed by atoms with Gasteiger partial charge in [0.2, 0.25) is 0 Å². The lowest BCUT2D eigenvalue weighted by molar-refractivity contribution is 0.552. The quantitative estimate of drug-likeness (QED) is 0.866. The summed E-state index contributed by atoms with van der Waals surface area (Å²) in [6.45, 7) is 4.23. The molecule has 0 radical (unpaired) electrons. The number of nitrogens with one attached hydrogen (secondary N) is 1. The fraction of sp³-hybridized carbons (Fsp3) is 0.500. The normalized spacial score (nSPS) is 11.3. The first-order chi connectivity index (χ1) is 8.11. The molecule has 0 saturated heterocycles.